The number of nitrogens with zero attached hydrogens (tertiary/aromatic N) is 6. The predicted molar refractivity (Wildman–Crippen MR) is 106 cm³/mol. The van der Waals surface area contributed by atoms with Crippen molar-refractivity contribution in [2.24, 2.45) is 7.05 Å². The summed E-state index contributed by atoms with van der Waals surface area (Å²) in [6, 6.07) is 8.00. The van der Waals surface area contributed by atoms with E-state index in [4.69, 9.17) is 14.8 Å². The molecule has 1 aromatic carbocycles. The molecule has 146 valence electrons. The van der Waals surface area contributed by atoms with Crippen LogP contribution in [0.25, 0.3) is 33.3 Å². The van der Waals surface area contributed by atoms with Crippen molar-refractivity contribution in [1.82, 2.24) is 29.4 Å². The van der Waals surface area contributed by atoms with Crippen molar-refractivity contribution in [2.45, 2.75) is 12.5 Å². The number of hydrogen-bond donors (Lipinski definition) is 1. The molecule has 1 aliphatic heterocycles. The van der Waals surface area contributed by atoms with Crippen LogP contribution in [0.4, 0.5) is 4.79 Å². The number of carbonyl (C=O) groups is 1. The Morgan fingerprint density at radius 1 is 1.24 bits per heavy atom. The molecule has 0 spiro atoms. The third-order valence-corrected chi connectivity index (χ3v) is 5.23. The van der Waals surface area contributed by atoms with Gasteiger partial charge in [0.2, 0.25) is 5.88 Å². The smallest absolute Gasteiger partial charge is 0.407 e. The lowest BCUT2D eigenvalue weighted by Crippen LogP contribution is -2.29. The Balaban J connectivity index is 1.57. The van der Waals surface area contributed by atoms with Gasteiger partial charge >= 0.3 is 6.09 Å². The van der Waals surface area contributed by atoms with Gasteiger partial charge in [-0.25, -0.2) is 14.8 Å². The van der Waals surface area contributed by atoms with E-state index in [1.165, 1.54) is 11.2 Å². The van der Waals surface area contributed by atoms with E-state index >= 15 is 0 Å². The van der Waals surface area contributed by atoms with Gasteiger partial charge in [0.15, 0.2) is 11.2 Å². The van der Waals surface area contributed by atoms with Crippen LogP contribution in [0.2, 0.25) is 0 Å². The molecule has 1 amide bonds. The van der Waals surface area contributed by atoms with Crippen LogP contribution in [0.15, 0.2) is 43.0 Å². The molecule has 1 aliphatic rings. The lowest BCUT2D eigenvalue weighted by molar-refractivity contribution is 0.145. The number of amides is 1. The van der Waals surface area contributed by atoms with Gasteiger partial charge in [-0.3, -0.25) is 4.98 Å². The van der Waals surface area contributed by atoms with Gasteiger partial charge in [0, 0.05) is 43.4 Å². The maximum absolute atomic E-state index is 11.1. The number of ether oxygens (including phenoxy) is 1. The molecule has 29 heavy (non-hydrogen) atoms. The topological polar surface area (TPSA) is 106 Å². The number of aryl methyl sites for hydroxylation is 1. The highest BCUT2D eigenvalue weighted by molar-refractivity contribution is 5.96. The Morgan fingerprint density at radius 3 is 2.93 bits per heavy atom. The van der Waals surface area contributed by atoms with Crippen molar-refractivity contribution in [2.75, 3.05) is 13.1 Å². The van der Waals surface area contributed by atoms with Gasteiger partial charge in [-0.05, 0) is 5.39 Å². The average molecular weight is 390 g/mol. The molecule has 0 saturated carbocycles. The Morgan fingerprint density at radius 2 is 2.10 bits per heavy atom. The van der Waals surface area contributed by atoms with Crippen molar-refractivity contribution in [3.63, 3.8) is 0 Å². The quantitative estimate of drug-likeness (QED) is 0.573. The summed E-state index contributed by atoms with van der Waals surface area (Å²) < 4.78 is 7.91. The van der Waals surface area contributed by atoms with Gasteiger partial charge in [0.05, 0.1) is 6.54 Å². The summed E-state index contributed by atoms with van der Waals surface area (Å²) in [5.74, 6) is 1.08. The molecule has 1 atom stereocenters. The van der Waals surface area contributed by atoms with E-state index < -0.39 is 6.09 Å². The largest absolute Gasteiger partial charge is 0.471 e. The number of pyridine rings is 1. The van der Waals surface area contributed by atoms with E-state index in [9.17, 15) is 4.79 Å². The average Bonchev–Trinajstić information content (AvgIpc) is 3.33. The second kappa shape index (κ2) is 6.69. The van der Waals surface area contributed by atoms with Crippen molar-refractivity contribution >= 4 is 28.0 Å². The second-order valence-corrected chi connectivity index (χ2v) is 7.01. The molecule has 0 radical (unpaired) electrons. The van der Waals surface area contributed by atoms with Gasteiger partial charge in [0.25, 0.3) is 0 Å². The van der Waals surface area contributed by atoms with E-state index in [-0.39, 0.29) is 6.10 Å². The number of hydrogen-bond acceptors (Lipinski definition) is 6. The fourth-order valence-corrected chi connectivity index (χ4v) is 3.76. The van der Waals surface area contributed by atoms with E-state index in [0.29, 0.717) is 42.4 Å². The molecule has 1 fully saturated rings. The standard InChI is InChI=1S/C20H18N6O3/c1-25-17(15-9-21-8-12-4-2-3-5-14(12)15)24-16-18(25)22-11-23-19(16)29-13-6-7-26(10-13)20(27)28/h2-5,8-9,11,13H,6-7,10H2,1H3,(H,27,28). The molecule has 1 saturated heterocycles. The minimum Gasteiger partial charge on any atom is -0.471 e. The maximum Gasteiger partial charge on any atom is 0.407 e. The third-order valence-electron chi connectivity index (χ3n) is 5.23. The van der Waals surface area contributed by atoms with Crippen LogP contribution in [0.3, 0.4) is 0 Å². The number of imidazole rings is 1. The number of carboxylic acid groups (broad SMARTS) is 1. The minimum absolute atomic E-state index is 0.256. The van der Waals surface area contributed by atoms with Crippen LogP contribution in [0.1, 0.15) is 6.42 Å². The van der Waals surface area contributed by atoms with Crippen LogP contribution in [-0.2, 0) is 7.05 Å². The summed E-state index contributed by atoms with van der Waals surface area (Å²) >= 11 is 0. The Bertz CT molecular complexity index is 1230. The highest BCUT2D eigenvalue weighted by atomic mass is 16.5. The molecule has 9 heteroatoms. The molecular formula is C20H18N6O3. The van der Waals surface area contributed by atoms with E-state index in [1.54, 1.807) is 6.20 Å². The lowest BCUT2D eigenvalue weighted by Gasteiger charge is -2.13. The van der Waals surface area contributed by atoms with Crippen molar-refractivity contribution in [1.29, 1.82) is 0 Å². The number of rotatable bonds is 3. The summed E-state index contributed by atoms with van der Waals surface area (Å²) in [6.07, 6.45) is 4.48. The first-order chi connectivity index (χ1) is 14.1. The number of benzene rings is 1. The molecule has 4 aromatic rings. The van der Waals surface area contributed by atoms with Gasteiger partial charge < -0.3 is 19.3 Å². The SMILES string of the molecule is Cn1c(-c2cncc3ccccc23)nc2c(OC3CCN(C(=O)O)C3)ncnc21. The molecule has 1 unspecified atom stereocenters. The maximum atomic E-state index is 11.1. The number of likely N-dealkylation sites (tertiary alicyclic amines) is 1. The fourth-order valence-electron chi connectivity index (χ4n) is 3.76. The summed E-state index contributed by atoms with van der Waals surface area (Å²) in [7, 11) is 1.89. The van der Waals surface area contributed by atoms with Crippen LogP contribution in [0, 0.1) is 0 Å². The van der Waals surface area contributed by atoms with Crippen LogP contribution in [-0.4, -0.2) is 59.8 Å². The monoisotopic (exact) mass is 390 g/mol. The fraction of sp³-hybridized carbons (Fsp3) is 0.250. The summed E-state index contributed by atoms with van der Waals surface area (Å²) in [4.78, 5) is 30.2. The highest BCUT2D eigenvalue weighted by Gasteiger charge is 2.29. The zero-order chi connectivity index (χ0) is 20.0. The van der Waals surface area contributed by atoms with E-state index in [0.717, 1.165) is 16.3 Å². The number of fused-ring (bicyclic) bond motifs is 2. The van der Waals surface area contributed by atoms with Gasteiger partial charge in [-0.15, -0.1) is 0 Å². The van der Waals surface area contributed by atoms with Crippen LogP contribution >= 0.6 is 0 Å². The predicted octanol–water partition coefficient (Wildman–Crippen LogP) is 2.71. The first-order valence-electron chi connectivity index (χ1n) is 9.27. The van der Waals surface area contributed by atoms with Crippen molar-refractivity contribution in [3.05, 3.63) is 43.0 Å². The highest BCUT2D eigenvalue weighted by Crippen LogP contribution is 2.31. The molecule has 1 N–H and O–H groups in total. The molecular weight excluding hydrogens is 372 g/mol. The van der Waals surface area contributed by atoms with Gasteiger partial charge in [-0.2, -0.15) is 4.98 Å². The van der Waals surface area contributed by atoms with E-state index in [2.05, 4.69) is 15.0 Å². The summed E-state index contributed by atoms with van der Waals surface area (Å²) in [6.45, 7) is 0.761. The minimum atomic E-state index is -0.937. The Hall–Kier alpha value is -3.75. The van der Waals surface area contributed by atoms with E-state index in [1.807, 2.05) is 42.1 Å². The Labute approximate surface area is 165 Å². The molecule has 0 aliphatic carbocycles. The zero-order valence-corrected chi connectivity index (χ0v) is 15.7. The number of aromatic nitrogens is 5. The van der Waals surface area contributed by atoms with Gasteiger partial charge in [-0.1, -0.05) is 24.3 Å². The molecule has 9 nitrogen and oxygen atoms in total. The van der Waals surface area contributed by atoms with Crippen LogP contribution in [0.5, 0.6) is 5.88 Å². The first-order valence-corrected chi connectivity index (χ1v) is 9.27. The van der Waals surface area contributed by atoms with Crippen LogP contribution < -0.4 is 4.74 Å². The first kappa shape index (κ1) is 17.4. The molecule has 3 aromatic heterocycles. The Kier molecular flexibility index (Phi) is 4.01. The normalized spacial score (nSPS) is 16.6. The lowest BCUT2D eigenvalue weighted by atomic mass is 10.1. The summed E-state index contributed by atoms with van der Waals surface area (Å²) in [5, 5.41) is 11.2. The third kappa shape index (κ3) is 2.91. The molecule has 0 bridgehead atoms. The van der Waals surface area contributed by atoms with Crippen molar-refractivity contribution < 1.29 is 14.6 Å². The molecule has 4 heterocycles. The zero-order valence-electron chi connectivity index (χ0n) is 15.7. The summed E-state index contributed by atoms with van der Waals surface area (Å²) in [5.41, 5.74) is 2.09. The van der Waals surface area contributed by atoms with Gasteiger partial charge in [0.1, 0.15) is 18.3 Å². The second-order valence-electron chi connectivity index (χ2n) is 7.01. The van der Waals surface area contributed by atoms with Crippen molar-refractivity contribution in [3.8, 4) is 17.3 Å². The molecule has 5 rings (SSSR count).